The zero-order valence-corrected chi connectivity index (χ0v) is 37.2. The van der Waals surface area contributed by atoms with Gasteiger partial charge >= 0.3 is 12.1 Å². The minimum Gasteiger partial charge on any atom is -0.462 e. The quantitative estimate of drug-likeness (QED) is 0.0499. The lowest BCUT2D eigenvalue weighted by Crippen LogP contribution is -2.26. The third-order valence-electron chi connectivity index (χ3n) is 7.50. The SMILES string of the molecule is C.C=C(C)CCC(=O)OCCOC(=O)OC(CC)CCCCC.CC.CC.CCCC(=O)CC.CCCCCCC(CCCC)CNC(=O)SCCC.[HH]. The Bertz CT molecular complexity index is 799. The van der Waals surface area contributed by atoms with Crippen LogP contribution in [0, 0.1) is 5.92 Å². The van der Waals surface area contributed by atoms with Gasteiger partial charge in [-0.25, -0.2) is 4.79 Å². The van der Waals surface area contributed by atoms with Crippen LogP contribution in [0.1, 0.15) is 214 Å². The van der Waals surface area contributed by atoms with Crippen LogP contribution >= 0.6 is 11.8 Å². The first-order valence-electron chi connectivity index (χ1n) is 21.1. The number of esters is 1. The van der Waals surface area contributed by atoms with E-state index in [1.165, 1.54) is 63.1 Å². The van der Waals surface area contributed by atoms with Gasteiger partial charge in [0.25, 0.3) is 5.24 Å². The molecule has 9 heteroatoms. The van der Waals surface area contributed by atoms with Crippen molar-refractivity contribution in [3.8, 4) is 0 Å². The van der Waals surface area contributed by atoms with E-state index in [0.29, 0.717) is 31.0 Å². The number of unbranched alkanes of at least 4 members (excludes halogenated alkanes) is 6. The topological polar surface area (TPSA) is 108 Å². The largest absolute Gasteiger partial charge is 0.508 e. The summed E-state index contributed by atoms with van der Waals surface area (Å²) in [5.74, 6) is 1.68. The van der Waals surface area contributed by atoms with Gasteiger partial charge in [0.05, 0.1) is 0 Å². The zero-order valence-electron chi connectivity index (χ0n) is 36.4. The van der Waals surface area contributed by atoms with Crippen molar-refractivity contribution < 1.29 is 34.8 Å². The van der Waals surface area contributed by atoms with Crippen molar-refractivity contribution in [3.05, 3.63) is 12.2 Å². The molecule has 0 aromatic rings. The van der Waals surface area contributed by atoms with Gasteiger partial charge in [0.1, 0.15) is 25.1 Å². The molecule has 0 radical (unpaired) electrons. The average molecular weight is 780 g/mol. The van der Waals surface area contributed by atoms with Crippen LogP contribution in [0.2, 0.25) is 0 Å². The lowest BCUT2D eigenvalue weighted by atomic mass is 9.95. The van der Waals surface area contributed by atoms with E-state index in [1.54, 1.807) is 0 Å². The van der Waals surface area contributed by atoms with E-state index in [9.17, 15) is 19.2 Å². The van der Waals surface area contributed by atoms with Gasteiger partial charge in [0, 0.05) is 33.0 Å². The van der Waals surface area contributed by atoms with Crippen LogP contribution in [0.15, 0.2) is 12.2 Å². The first-order chi connectivity index (χ1) is 25.0. The fourth-order valence-corrected chi connectivity index (χ4v) is 5.01. The summed E-state index contributed by atoms with van der Waals surface area (Å²) >= 11 is 1.42. The number of ether oxygens (including phenoxy) is 3. The van der Waals surface area contributed by atoms with E-state index in [4.69, 9.17) is 14.2 Å². The van der Waals surface area contributed by atoms with E-state index < -0.39 is 6.16 Å². The maximum atomic E-state index is 11.6. The number of hydrogen-bond acceptors (Lipinski definition) is 8. The molecule has 0 saturated heterocycles. The van der Waals surface area contributed by atoms with E-state index in [0.717, 1.165) is 69.2 Å². The van der Waals surface area contributed by atoms with Gasteiger partial charge in [-0.2, -0.15) is 0 Å². The third kappa shape index (κ3) is 56.9. The Labute approximate surface area is 336 Å². The van der Waals surface area contributed by atoms with E-state index in [1.807, 2.05) is 55.4 Å². The van der Waals surface area contributed by atoms with Gasteiger partial charge in [-0.3, -0.25) is 14.4 Å². The summed E-state index contributed by atoms with van der Waals surface area (Å²) in [6.07, 6.45) is 19.0. The van der Waals surface area contributed by atoms with Crippen LogP contribution in [0.4, 0.5) is 9.59 Å². The molecule has 322 valence electrons. The average Bonchev–Trinajstić information content (AvgIpc) is 3.15. The minimum atomic E-state index is -0.693. The molecule has 0 saturated carbocycles. The highest BCUT2D eigenvalue weighted by Gasteiger charge is 2.14. The Hall–Kier alpha value is -2.03. The summed E-state index contributed by atoms with van der Waals surface area (Å²) in [5.41, 5.74) is 0.936. The van der Waals surface area contributed by atoms with E-state index >= 15 is 0 Å². The lowest BCUT2D eigenvalue weighted by molar-refractivity contribution is -0.145. The second-order valence-electron chi connectivity index (χ2n) is 12.4. The number of hydrogen-bond donors (Lipinski definition) is 1. The van der Waals surface area contributed by atoms with Crippen LogP contribution in [-0.2, 0) is 23.8 Å². The number of thioether (sulfide) groups is 1. The van der Waals surface area contributed by atoms with Crippen molar-refractivity contribution in [2.24, 2.45) is 5.92 Å². The highest BCUT2D eigenvalue weighted by atomic mass is 32.2. The Balaban J connectivity index is -0.000000126. The number of allylic oxidation sites excluding steroid dienone is 1. The first-order valence-corrected chi connectivity index (χ1v) is 22.1. The summed E-state index contributed by atoms with van der Waals surface area (Å²) in [5, 5.41) is 3.26. The van der Waals surface area contributed by atoms with Crippen LogP contribution in [0.5, 0.6) is 0 Å². The monoisotopic (exact) mass is 780 g/mol. The molecule has 0 aromatic heterocycles. The molecule has 8 nitrogen and oxygen atoms in total. The molecule has 2 atom stereocenters. The molecule has 0 heterocycles. The first kappa shape index (κ1) is 62.9. The fourth-order valence-electron chi connectivity index (χ4n) is 4.44. The second kappa shape index (κ2) is 54.3. The third-order valence-corrected chi connectivity index (χ3v) is 8.52. The molecule has 53 heavy (non-hydrogen) atoms. The van der Waals surface area contributed by atoms with Crippen LogP contribution in [0.3, 0.4) is 0 Å². The number of carbonyl (C=O) groups excluding carboxylic acids is 4. The Morgan fingerprint density at radius 3 is 1.72 bits per heavy atom. The summed E-state index contributed by atoms with van der Waals surface area (Å²) in [6, 6.07) is 0. The fraction of sp³-hybridized carbons (Fsp3) is 0.864. The Morgan fingerprint density at radius 1 is 0.679 bits per heavy atom. The van der Waals surface area contributed by atoms with Gasteiger partial charge in [0.2, 0.25) is 0 Å². The molecule has 0 bridgehead atoms. The summed E-state index contributed by atoms with van der Waals surface area (Å²) in [7, 11) is 0. The van der Waals surface area contributed by atoms with Crippen molar-refractivity contribution >= 4 is 34.9 Å². The van der Waals surface area contributed by atoms with Gasteiger partial charge < -0.3 is 19.5 Å². The van der Waals surface area contributed by atoms with Crippen molar-refractivity contribution in [2.75, 3.05) is 25.5 Å². The molecule has 1 amide bonds. The van der Waals surface area contributed by atoms with Gasteiger partial charge in [-0.15, -0.1) is 6.58 Å². The lowest BCUT2D eigenvalue weighted by Gasteiger charge is -2.17. The number of ketones is 1. The predicted octanol–water partition coefficient (Wildman–Crippen LogP) is 14.7. The second-order valence-corrected chi connectivity index (χ2v) is 13.5. The molecule has 0 fully saturated rings. The molecule has 2 unspecified atom stereocenters. The van der Waals surface area contributed by atoms with Crippen LogP contribution < -0.4 is 5.32 Å². The molecule has 0 aliphatic heterocycles. The molecule has 0 spiro atoms. The van der Waals surface area contributed by atoms with E-state index in [2.05, 4.69) is 39.6 Å². The number of amides is 1. The smallest absolute Gasteiger partial charge is 0.462 e. The normalized spacial score (nSPS) is 10.6. The maximum Gasteiger partial charge on any atom is 0.508 e. The summed E-state index contributed by atoms with van der Waals surface area (Å²) < 4.78 is 15.1. The summed E-state index contributed by atoms with van der Waals surface area (Å²) in [4.78, 5) is 44.9. The Morgan fingerprint density at radius 2 is 1.23 bits per heavy atom. The molecular weight excluding hydrogens is 687 g/mol. The van der Waals surface area contributed by atoms with Crippen molar-refractivity contribution in [2.45, 2.75) is 219 Å². The minimum absolute atomic E-state index is 0. The molecule has 0 aliphatic rings. The van der Waals surface area contributed by atoms with Gasteiger partial charge in [-0.05, 0) is 64.2 Å². The van der Waals surface area contributed by atoms with Gasteiger partial charge in [0.15, 0.2) is 0 Å². The Kier molecular flexibility index (Phi) is 64.5. The molecule has 0 aliphatic carbocycles. The maximum absolute atomic E-state index is 11.6. The molecule has 0 rings (SSSR count). The molecule has 0 aromatic carbocycles. The van der Waals surface area contributed by atoms with Crippen molar-refractivity contribution in [1.82, 2.24) is 5.32 Å². The van der Waals surface area contributed by atoms with Crippen LogP contribution in [-0.4, -0.2) is 54.8 Å². The summed E-state index contributed by atoms with van der Waals surface area (Å²) in [6.45, 7) is 29.2. The van der Waals surface area contributed by atoms with Gasteiger partial charge in [-0.1, -0.05) is 152 Å². The van der Waals surface area contributed by atoms with Crippen molar-refractivity contribution in [1.29, 1.82) is 0 Å². The number of nitrogens with one attached hydrogen (secondary N) is 1. The van der Waals surface area contributed by atoms with Crippen LogP contribution in [0.25, 0.3) is 0 Å². The highest BCUT2D eigenvalue weighted by Crippen LogP contribution is 2.17. The molecular formula is C44H93NO7S. The zero-order chi connectivity index (χ0) is 40.8. The highest BCUT2D eigenvalue weighted by molar-refractivity contribution is 8.13. The number of Topliss-reactive ketones (excluding diaryl/α,β-unsaturated/α-hetero) is 1. The number of carbonyl (C=O) groups is 4. The van der Waals surface area contributed by atoms with E-state index in [-0.39, 0.29) is 39.4 Å². The molecule has 1 N–H and O–H groups in total. The number of rotatable bonds is 27. The predicted molar refractivity (Wildman–Crippen MR) is 235 cm³/mol. The standard InChI is InChI=1S/C17H30O5.C16H33NOS.C6H12O.2C2H6.CH4.H2/c1-5-7-8-9-15(6-2)22-17(19)21-13-12-20-16(18)11-10-14(3)4;1-4-7-9-10-12-15(11-8-5-2)14-17-16(18)19-13-6-3;1-3-5-6(7)4-2;2*1-2;;/h15H,3,5-13H2,1-2,4H3;15H,4-14H2,1-3H3,(H,17,18);3-5H2,1-2H3;2*1-2H3;1H4;1H. The van der Waals surface area contributed by atoms with Crippen molar-refractivity contribution in [3.63, 3.8) is 0 Å².